The van der Waals surface area contributed by atoms with Crippen molar-refractivity contribution >= 4 is 32.2 Å². The third kappa shape index (κ3) is 3.38. The van der Waals surface area contributed by atoms with Gasteiger partial charge in [-0.1, -0.05) is 0 Å². The van der Waals surface area contributed by atoms with Crippen molar-refractivity contribution in [2.45, 2.75) is 11.8 Å². The van der Waals surface area contributed by atoms with Crippen molar-refractivity contribution in [2.75, 3.05) is 11.9 Å². The van der Waals surface area contributed by atoms with E-state index in [1.54, 1.807) is 0 Å². The van der Waals surface area contributed by atoms with Crippen LogP contribution in [-0.2, 0) is 10.0 Å². The highest BCUT2D eigenvalue weighted by atomic mass is 32.2. The number of ether oxygens (including phenoxy) is 1. The number of sulfonamides is 1. The first-order valence-corrected chi connectivity index (χ1v) is 8.04. The van der Waals surface area contributed by atoms with Gasteiger partial charge >= 0.3 is 0 Å². The number of hydrogen-bond acceptors (Lipinski definition) is 7. The number of rotatable bonds is 5. The largest absolute Gasteiger partial charge is 0.493 e. The minimum absolute atomic E-state index is 0.0377. The predicted molar refractivity (Wildman–Crippen MR) is 76.0 cm³/mol. The van der Waals surface area contributed by atoms with Gasteiger partial charge in [-0.3, -0.25) is 0 Å². The summed E-state index contributed by atoms with van der Waals surface area (Å²) in [6.45, 7) is 2.24. The van der Waals surface area contributed by atoms with E-state index >= 15 is 0 Å². The van der Waals surface area contributed by atoms with Gasteiger partial charge in [0.15, 0.2) is 5.13 Å². The van der Waals surface area contributed by atoms with E-state index in [1.165, 1.54) is 34.9 Å². The fraction of sp³-hybridized carbons (Fsp3) is 0.182. The van der Waals surface area contributed by atoms with Crippen LogP contribution in [0, 0.1) is 0 Å². The van der Waals surface area contributed by atoms with Crippen LogP contribution in [0.3, 0.4) is 0 Å². The molecule has 2 rings (SSSR count). The molecule has 0 unspecified atom stereocenters. The highest BCUT2D eigenvalue weighted by molar-refractivity contribution is 7.89. The van der Waals surface area contributed by atoms with Gasteiger partial charge in [0.05, 0.1) is 22.6 Å². The molecule has 1 heterocycles. The average Bonchev–Trinajstić information content (AvgIpc) is 2.76. The summed E-state index contributed by atoms with van der Waals surface area (Å²) in [6, 6.07) is 4.24. The summed E-state index contributed by atoms with van der Waals surface area (Å²) in [7, 11) is -3.81. The molecule has 20 heavy (non-hydrogen) atoms. The van der Waals surface area contributed by atoms with Crippen molar-refractivity contribution in [3.8, 4) is 11.6 Å². The molecule has 1 aromatic heterocycles. The Labute approximate surface area is 120 Å². The van der Waals surface area contributed by atoms with Crippen molar-refractivity contribution < 1.29 is 18.3 Å². The molecule has 0 radical (unpaired) electrons. The molecule has 0 amide bonds. The lowest BCUT2D eigenvalue weighted by molar-refractivity contribution is 0.341. The van der Waals surface area contributed by atoms with Crippen LogP contribution < -0.4 is 15.2 Å². The van der Waals surface area contributed by atoms with Crippen LogP contribution in [0.2, 0.25) is 0 Å². The Bertz CT molecular complexity index is 712. The predicted octanol–water partition coefficient (Wildman–Crippen LogP) is 1.64. The van der Waals surface area contributed by atoms with Crippen LogP contribution in [0.5, 0.6) is 11.6 Å². The first-order chi connectivity index (χ1) is 9.40. The topological polar surface area (TPSA) is 115 Å². The molecular formula is C11H13N3O4S2. The maximum Gasteiger partial charge on any atom is 0.238 e. The lowest BCUT2D eigenvalue weighted by Crippen LogP contribution is -2.12. The highest BCUT2D eigenvalue weighted by Crippen LogP contribution is 2.32. The lowest BCUT2D eigenvalue weighted by atomic mass is 10.3. The molecule has 108 valence electrons. The zero-order valence-electron chi connectivity index (χ0n) is 10.5. The molecule has 0 bridgehead atoms. The molecule has 0 aliphatic rings. The quantitative estimate of drug-likeness (QED) is 0.772. The first kappa shape index (κ1) is 14.6. The van der Waals surface area contributed by atoms with Gasteiger partial charge in [-0.25, -0.2) is 13.6 Å². The van der Waals surface area contributed by atoms with Crippen molar-refractivity contribution in [3.63, 3.8) is 0 Å². The summed E-state index contributed by atoms with van der Waals surface area (Å²) in [5.41, 5.74) is 0.410. The second-order valence-electron chi connectivity index (χ2n) is 3.77. The fourth-order valence-corrected chi connectivity index (χ4v) is 2.63. The number of hydrogen-bond donors (Lipinski definition) is 3. The Kier molecular flexibility index (Phi) is 4.12. The van der Waals surface area contributed by atoms with Gasteiger partial charge in [0.2, 0.25) is 15.9 Å². The van der Waals surface area contributed by atoms with Crippen molar-refractivity contribution in [2.24, 2.45) is 5.14 Å². The number of nitrogens with one attached hydrogen (secondary N) is 1. The van der Waals surface area contributed by atoms with Crippen molar-refractivity contribution in [3.05, 3.63) is 23.6 Å². The zero-order valence-corrected chi connectivity index (χ0v) is 12.2. The third-order valence-electron chi connectivity index (χ3n) is 2.31. The first-order valence-electron chi connectivity index (χ1n) is 5.61. The molecule has 9 heteroatoms. The monoisotopic (exact) mass is 315 g/mol. The van der Waals surface area contributed by atoms with E-state index in [0.29, 0.717) is 23.2 Å². The smallest absolute Gasteiger partial charge is 0.238 e. The Morgan fingerprint density at radius 2 is 2.25 bits per heavy atom. The van der Waals surface area contributed by atoms with Gasteiger partial charge in [-0.05, 0) is 25.1 Å². The van der Waals surface area contributed by atoms with Gasteiger partial charge in [0.1, 0.15) is 5.75 Å². The normalized spacial score (nSPS) is 11.3. The standard InChI is InChI=1S/C11H13N3O4S2/c1-2-18-9-4-3-7(20(12,16)17)5-8(9)13-11-14-10(15)6-19-11/h3-6,15H,2H2,1H3,(H,13,14)(H2,12,16,17). The molecule has 0 aliphatic carbocycles. The number of thiazole rings is 1. The van der Waals surface area contributed by atoms with Gasteiger partial charge in [0, 0.05) is 0 Å². The van der Waals surface area contributed by atoms with Gasteiger partial charge in [-0.15, -0.1) is 11.3 Å². The van der Waals surface area contributed by atoms with Crippen molar-refractivity contribution in [1.29, 1.82) is 0 Å². The number of primary sulfonamides is 1. The number of nitrogens with two attached hydrogens (primary N) is 1. The number of aromatic hydroxyl groups is 1. The summed E-state index contributed by atoms with van der Waals surface area (Å²) < 4.78 is 28.1. The van der Waals surface area contributed by atoms with Crippen LogP contribution in [-0.4, -0.2) is 25.1 Å². The molecule has 0 fully saturated rings. The molecule has 0 atom stereocenters. The van der Waals surface area contributed by atoms with Crippen LogP contribution in [0.15, 0.2) is 28.5 Å². The van der Waals surface area contributed by atoms with E-state index in [0.717, 1.165) is 0 Å². The minimum Gasteiger partial charge on any atom is -0.493 e. The zero-order chi connectivity index (χ0) is 14.8. The van der Waals surface area contributed by atoms with E-state index in [9.17, 15) is 13.5 Å². The van der Waals surface area contributed by atoms with E-state index in [1.807, 2.05) is 6.92 Å². The summed E-state index contributed by atoms with van der Waals surface area (Å²) in [6.07, 6.45) is 0. The summed E-state index contributed by atoms with van der Waals surface area (Å²) in [4.78, 5) is 3.79. The highest BCUT2D eigenvalue weighted by Gasteiger charge is 2.13. The van der Waals surface area contributed by atoms with Crippen LogP contribution in [0.4, 0.5) is 10.8 Å². The molecule has 7 nitrogen and oxygen atoms in total. The third-order valence-corrected chi connectivity index (χ3v) is 3.97. The molecule has 0 saturated heterocycles. The molecule has 1 aromatic carbocycles. The van der Waals surface area contributed by atoms with Gasteiger partial charge in [-0.2, -0.15) is 4.98 Å². The van der Waals surface area contributed by atoms with E-state index in [4.69, 9.17) is 9.88 Å². The average molecular weight is 315 g/mol. The summed E-state index contributed by atoms with van der Waals surface area (Å²) in [5, 5.41) is 19.1. The molecule has 0 aliphatic heterocycles. The van der Waals surface area contributed by atoms with Crippen molar-refractivity contribution in [1.82, 2.24) is 4.98 Å². The Balaban J connectivity index is 2.41. The maximum atomic E-state index is 11.4. The van der Waals surface area contributed by atoms with E-state index in [2.05, 4.69) is 10.3 Å². The summed E-state index contributed by atoms with van der Waals surface area (Å²) in [5.74, 6) is 0.354. The number of anilines is 2. The van der Waals surface area contributed by atoms with Crippen LogP contribution in [0.25, 0.3) is 0 Å². The van der Waals surface area contributed by atoms with Crippen LogP contribution in [0.1, 0.15) is 6.92 Å². The van der Waals surface area contributed by atoms with E-state index in [-0.39, 0.29) is 10.8 Å². The molecule has 0 saturated carbocycles. The molecule has 4 N–H and O–H groups in total. The summed E-state index contributed by atoms with van der Waals surface area (Å²) >= 11 is 1.18. The molecular weight excluding hydrogens is 302 g/mol. The maximum absolute atomic E-state index is 11.4. The number of benzene rings is 1. The molecule has 2 aromatic rings. The van der Waals surface area contributed by atoms with Gasteiger partial charge in [0.25, 0.3) is 0 Å². The van der Waals surface area contributed by atoms with E-state index < -0.39 is 10.0 Å². The van der Waals surface area contributed by atoms with Gasteiger partial charge < -0.3 is 15.2 Å². The molecule has 0 spiro atoms. The fourth-order valence-electron chi connectivity index (χ4n) is 1.50. The SMILES string of the molecule is CCOc1ccc(S(N)(=O)=O)cc1Nc1nc(O)cs1. The Morgan fingerprint density at radius 1 is 1.50 bits per heavy atom. The minimum atomic E-state index is -3.81. The lowest BCUT2D eigenvalue weighted by Gasteiger charge is -2.11. The van der Waals surface area contributed by atoms with Crippen LogP contribution >= 0.6 is 11.3 Å². The number of aromatic nitrogens is 1. The second-order valence-corrected chi connectivity index (χ2v) is 6.19. The number of nitrogens with zero attached hydrogens (tertiary/aromatic N) is 1. The second kappa shape index (κ2) is 5.65. The Hall–Kier alpha value is -1.84. The Morgan fingerprint density at radius 3 is 2.80 bits per heavy atom.